The highest BCUT2D eigenvalue weighted by Crippen LogP contribution is 2.08. The Balaban J connectivity index is 2.71. The third kappa shape index (κ3) is 3.06. The van der Waals surface area contributed by atoms with Crippen molar-refractivity contribution >= 4 is 28.0 Å². The van der Waals surface area contributed by atoms with Crippen LogP contribution in [0.25, 0.3) is 0 Å². The minimum Gasteiger partial charge on any atom is -0.303 e. The number of carbonyl (C=O) groups excluding carboxylic acids is 2. The quantitative estimate of drug-likeness (QED) is 0.461. The summed E-state index contributed by atoms with van der Waals surface area (Å²) >= 11 is 3.17. The summed E-state index contributed by atoms with van der Waals surface area (Å²) in [6.07, 6.45) is 1.22. The van der Waals surface area contributed by atoms with E-state index in [1.54, 1.807) is 18.2 Å². The van der Waals surface area contributed by atoms with Crippen LogP contribution in [-0.2, 0) is 4.79 Å². The number of pyridine rings is 1. The Hall–Kier alpha value is -1.03. The summed E-state index contributed by atoms with van der Waals surface area (Å²) in [5, 5.41) is 0. The predicted octanol–water partition coefficient (Wildman–Crippen LogP) is 2.01. The Bertz CT molecular complexity index is 325. The molecule has 0 aromatic carbocycles. The first kappa shape index (κ1) is 10.1. The Morgan fingerprint density at radius 2 is 2.31 bits per heavy atom. The molecule has 13 heavy (non-hydrogen) atoms. The van der Waals surface area contributed by atoms with Gasteiger partial charge in [-0.2, -0.15) is 0 Å². The third-order valence-electron chi connectivity index (χ3n) is 1.49. The molecule has 4 heteroatoms. The molecule has 1 aromatic rings. The zero-order chi connectivity index (χ0) is 9.68. The lowest BCUT2D eigenvalue weighted by Crippen LogP contribution is -2.02. The molecule has 0 saturated carbocycles. The van der Waals surface area contributed by atoms with Gasteiger partial charge in [0, 0.05) is 12.8 Å². The average molecular weight is 242 g/mol. The van der Waals surface area contributed by atoms with E-state index in [1.807, 2.05) is 0 Å². The molecule has 1 aromatic heterocycles. The molecule has 0 spiro atoms. The van der Waals surface area contributed by atoms with Crippen LogP contribution in [0.3, 0.4) is 0 Å². The maximum absolute atomic E-state index is 11.3. The minimum atomic E-state index is -0.103. The molecular formula is C9H8BrNO2. The van der Waals surface area contributed by atoms with Crippen molar-refractivity contribution in [3.8, 4) is 0 Å². The number of halogens is 1. The number of rotatable bonds is 4. The zero-order valence-electron chi connectivity index (χ0n) is 6.87. The van der Waals surface area contributed by atoms with Gasteiger partial charge in [0.15, 0.2) is 5.78 Å². The number of hydrogen-bond donors (Lipinski definition) is 0. The molecule has 1 rings (SSSR count). The molecular weight excluding hydrogens is 234 g/mol. The lowest BCUT2D eigenvalue weighted by atomic mass is 10.1. The molecule has 0 saturated heterocycles. The maximum atomic E-state index is 11.3. The third-order valence-corrected chi connectivity index (χ3v) is 1.93. The van der Waals surface area contributed by atoms with E-state index in [1.165, 1.54) is 0 Å². The van der Waals surface area contributed by atoms with Gasteiger partial charge in [-0.05, 0) is 28.1 Å². The molecule has 0 aliphatic carbocycles. The van der Waals surface area contributed by atoms with Gasteiger partial charge in [-0.25, -0.2) is 4.98 Å². The Morgan fingerprint density at radius 3 is 2.92 bits per heavy atom. The van der Waals surface area contributed by atoms with Crippen LogP contribution in [0.1, 0.15) is 23.3 Å². The molecule has 0 atom stereocenters. The van der Waals surface area contributed by atoms with E-state index in [-0.39, 0.29) is 18.6 Å². The van der Waals surface area contributed by atoms with Crippen molar-refractivity contribution in [3.63, 3.8) is 0 Å². The van der Waals surface area contributed by atoms with Gasteiger partial charge in [0.1, 0.15) is 16.6 Å². The monoisotopic (exact) mass is 241 g/mol. The van der Waals surface area contributed by atoms with Gasteiger partial charge in [0.2, 0.25) is 0 Å². The van der Waals surface area contributed by atoms with Gasteiger partial charge >= 0.3 is 0 Å². The minimum absolute atomic E-state index is 0.103. The van der Waals surface area contributed by atoms with E-state index in [4.69, 9.17) is 0 Å². The molecule has 1 heterocycles. The number of hydrogen-bond acceptors (Lipinski definition) is 3. The van der Waals surface area contributed by atoms with Crippen LogP contribution in [0.5, 0.6) is 0 Å². The van der Waals surface area contributed by atoms with Crippen LogP contribution < -0.4 is 0 Å². The molecule has 0 unspecified atom stereocenters. The highest BCUT2D eigenvalue weighted by atomic mass is 79.9. The molecule has 68 valence electrons. The largest absolute Gasteiger partial charge is 0.303 e. The van der Waals surface area contributed by atoms with E-state index in [0.717, 1.165) is 6.29 Å². The van der Waals surface area contributed by atoms with Crippen LogP contribution in [0.2, 0.25) is 0 Å². The Morgan fingerprint density at radius 1 is 1.54 bits per heavy atom. The number of Topliss-reactive ketones (excluding diaryl/α,β-unsaturated/α-hetero) is 1. The summed E-state index contributed by atoms with van der Waals surface area (Å²) in [6.45, 7) is 0. The second-order valence-corrected chi connectivity index (χ2v) is 3.29. The van der Waals surface area contributed by atoms with Crippen LogP contribution >= 0.6 is 15.9 Å². The lowest BCUT2D eigenvalue weighted by Gasteiger charge is -1.97. The summed E-state index contributed by atoms with van der Waals surface area (Å²) in [6, 6.07) is 5.12. The standard InChI is InChI=1S/C9H8BrNO2/c10-9-5-1-3-7(11-9)8(13)4-2-6-12/h1,3,5-6H,2,4H2. The van der Waals surface area contributed by atoms with Crippen LogP contribution in [0, 0.1) is 0 Å². The fourth-order valence-corrected chi connectivity index (χ4v) is 1.23. The van der Waals surface area contributed by atoms with Gasteiger partial charge in [0.05, 0.1) is 0 Å². The average Bonchev–Trinajstić information content (AvgIpc) is 2.14. The lowest BCUT2D eigenvalue weighted by molar-refractivity contribution is -0.107. The number of nitrogens with zero attached hydrogens (tertiary/aromatic N) is 1. The topological polar surface area (TPSA) is 47.0 Å². The molecule has 0 radical (unpaired) electrons. The van der Waals surface area contributed by atoms with Crippen molar-refractivity contribution in [3.05, 3.63) is 28.5 Å². The summed E-state index contributed by atoms with van der Waals surface area (Å²) in [7, 11) is 0. The van der Waals surface area contributed by atoms with Gasteiger partial charge in [-0.1, -0.05) is 6.07 Å². The first-order valence-electron chi connectivity index (χ1n) is 3.83. The van der Waals surface area contributed by atoms with Crippen molar-refractivity contribution in [2.24, 2.45) is 0 Å². The smallest absolute Gasteiger partial charge is 0.181 e. The van der Waals surface area contributed by atoms with E-state index in [0.29, 0.717) is 10.3 Å². The Kier molecular flexibility index (Phi) is 3.76. The molecule has 0 aliphatic heterocycles. The number of aldehydes is 1. The van der Waals surface area contributed by atoms with E-state index in [9.17, 15) is 9.59 Å². The number of carbonyl (C=O) groups is 2. The molecule has 0 aliphatic rings. The SMILES string of the molecule is O=CCCC(=O)c1cccc(Br)n1. The second-order valence-electron chi connectivity index (χ2n) is 2.47. The summed E-state index contributed by atoms with van der Waals surface area (Å²) in [5.41, 5.74) is 0.399. The first-order chi connectivity index (χ1) is 6.24. The van der Waals surface area contributed by atoms with Crippen molar-refractivity contribution < 1.29 is 9.59 Å². The van der Waals surface area contributed by atoms with Crippen molar-refractivity contribution in [1.82, 2.24) is 4.98 Å². The molecule has 0 bridgehead atoms. The van der Waals surface area contributed by atoms with E-state index in [2.05, 4.69) is 20.9 Å². The highest BCUT2D eigenvalue weighted by molar-refractivity contribution is 9.10. The normalized spacial score (nSPS) is 9.62. The van der Waals surface area contributed by atoms with Gasteiger partial charge in [-0.3, -0.25) is 4.79 Å². The highest BCUT2D eigenvalue weighted by Gasteiger charge is 2.06. The van der Waals surface area contributed by atoms with Crippen LogP contribution in [-0.4, -0.2) is 17.1 Å². The molecule has 0 fully saturated rings. The fraction of sp³-hybridized carbons (Fsp3) is 0.222. The summed E-state index contributed by atoms with van der Waals surface area (Å²) in [5.74, 6) is -0.103. The van der Waals surface area contributed by atoms with E-state index < -0.39 is 0 Å². The van der Waals surface area contributed by atoms with Gasteiger partial charge in [0.25, 0.3) is 0 Å². The second kappa shape index (κ2) is 4.87. The molecule has 0 N–H and O–H groups in total. The van der Waals surface area contributed by atoms with E-state index >= 15 is 0 Å². The summed E-state index contributed by atoms with van der Waals surface area (Å²) in [4.78, 5) is 25.3. The van der Waals surface area contributed by atoms with Gasteiger partial charge < -0.3 is 4.79 Å². The van der Waals surface area contributed by atoms with Crippen LogP contribution in [0.4, 0.5) is 0 Å². The predicted molar refractivity (Wildman–Crippen MR) is 51.6 cm³/mol. The molecule has 3 nitrogen and oxygen atoms in total. The van der Waals surface area contributed by atoms with Gasteiger partial charge in [-0.15, -0.1) is 0 Å². The number of ketones is 1. The van der Waals surface area contributed by atoms with Crippen molar-refractivity contribution in [2.45, 2.75) is 12.8 Å². The maximum Gasteiger partial charge on any atom is 0.181 e. The van der Waals surface area contributed by atoms with Crippen molar-refractivity contribution in [1.29, 1.82) is 0 Å². The fourth-order valence-electron chi connectivity index (χ4n) is 0.882. The Labute approximate surface area is 84.3 Å². The van der Waals surface area contributed by atoms with Crippen LogP contribution in [0.15, 0.2) is 22.8 Å². The first-order valence-corrected chi connectivity index (χ1v) is 4.62. The zero-order valence-corrected chi connectivity index (χ0v) is 8.45. The number of aromatic nitrogens is 1. The molecule has 0 amide bonds. The van der Waals surface area contributed by atoms with Crippen molar-refractivity contribution in [2.75, 3.05) is 0 Å². The summed E-state index contributed by atoms with van der Waals surface area (Å²) < 4.78 is 0.629.